The van der Waals surface area contributed by atoms with E-state index in [1.165, 1.54) is 0 Å². The maximum atomic E-state index is 4.81. The van der Waals surface area contributed by atoms with Crippen molar-refractivity contribution in [2.75, 3.05) is 11.4 Å². The van der Waals surface area contributed by atoms with E-state index in [2.05, 4.69) is 24.8 Å². The van der Waals surface area contributed by atoms with E-state index in [1.807, 2.05) is 39.1 Å². The summed E-state index contributed by atoms with van der Waals surface area (Å²) in [4.78, 5) is 28.2. The van der Waals surface area contributed by atoms with Crippen molar-refractivity contribution in [1.82, 2.24) is 29.9 Å². The molecule has 0 bridgehead atoms. The Morgan fingerprint density at radius 3 is 2.76 bits per heavy atom. The van der Waals surface area contributed by atoms with Crippen LogP contribution in [0.15, 0.2) is 24.5 Å². The molecule has 1 saturated heterocycles. The fourth-order valence-corrected chi connectivity index (χ4v) is 3.32. The van der Waals surface area contributed by atoms with Gasteiger partial charge in [-0.1, -0.05) is 0 Å². The molecule has 1 atom stereocenters. The predicted octanol–water partition coefficient (Wildman–Crippen LogP) is 2.92. The molecule has 0 radical (unpaired) electrons. The molecule has 0 saturated carbocycles. The van der Waals surface area contributed by atoms with Crippen molar-refractivity contribution in [2.45, 2.75) is 39.7 Å². The number of aromatic amines is 1. The minimum absolute atomic E-state index is 0.129. The maximum Gasteiger partial charge on any atom is 0.156 e. The lowest BCUT2D eigenvalue weighted by Gasteiger charge is -2.25. The van der Waals surface area contributed by atoms with Crippen LogP contribution >= 0.6 is 0 Å². The summed E-state index contributed by atoms with van der Waals surface area (Å²) in [5.41, 5.74) is 2.80. The van der Waals surface area contributed by atoms with Crippen LogP contribution in [0.4, 0.5) is 5.82 Å². The highest BCUT2D eigenvalue weighted by Gasteiger charge is 2.30. The lowest BCUT2D eigenvalue weighted by atomic mass is 10.2. The number of hydrogen-bond acceptors (Lipinski definition) is 6. The smallest absolute Gasteiger partial charge is 0.156 e. The topological polar surface area (TPSA) is 83.5 Å². The molecule has 0 amide bonds. The summed E-state index contributed by atoms with van der Waals surface area (Å²) in [7, 11) is 0. The van der Waals surface area contributed by atoms with Crippen LogP contribution in [-0.4, -0.2) is 36.4 Å². The van der Waals surface area contributed by atoms with Crippen LogP contribution in [0.2, 0.25) is 0 Å². The Morgan fingerprint density at radius 2 is 2.00 bits per heavy atom. The van der Waals surface area contributed by atoms with E-state index in [-0.39, 0.29) is 6.04 Å². The molecule has 0 spiro atoms. The fourth-order valence-electron chi connectivity index (χ4n) is 3.32. The van der Waals surface area contributed by atoms with Crippen LogP contribution in [0.5, 0.6) is 0 Å². The van der Waals surface area contributed by atoms with Crippen molar-refractivity contribution in [3.63, 3.8) is 0 Å². The summed E-state index contributed by atoms with van der Waals surface area (Å²) >= 11 is 0. The zero-order valence-corrected chi connectivity index (χ0v) is 14.7. The highest BCUT2D eigenvalue weighted by Crippen LogP contribution is 2.34. The molecule has 0 aliphatic carbocycles. The van der Waals surface area contributed by atoms with Gasteiger partial charge in [0.05, 0.1) is 6.04 Å². The number of nitrogens with one attached hydrogen (secondary N) is 1. The van der Waals surface area contributed by atoms with Gasteiger partial charge in [-0.3, -0.25) is 0 Å². The second-order valence-electron chi connectivity index (χ2n) is 6.48. The number of H-pyrrole nitrogens is 1. The summed E-state index contributed by atoms with van der Waals surface area (Å²) in [6, 6.07) is 4.05. The summed E-state index contributed by atoms with van der Waals surface area (Å²) in [6.45, 7) is 6.85. The highest BCUT2D eigenvalue weighted by molar-refractivity contribution is 5.51. The number of aromatic nitrogens is 6. The van der Waals surface area contributed by atoms with Crippen molar-refractivity contribution in [3.05, 3.63) is 47.6 Å². The molecule has 25 heavy (non-hydrogen) atoms. The van der Waals surface area contributed by atoms with Gasteiger partial charge in [0, 0.05) is 30.3 Å². The van der Waals surface area contributed by atoms with Crippen molar-refractivity contribution >= 4 is 5.82 Å². The lowest BCUT2D eigenvalue weighted by Crippen LogP contribution is -2.25. The zero-order chi connectivity index (χ0) is 17.4. The molecule has 1 aliphatic rings. The second-order valence-corrected chi connectivity index (χ2v) is 6.48. The minimum Gasteiger partial charge on any atom is -0.346 e. The van der Waals surface area contributed by atoms with Gasteiger partial charge in [0.2, 0.25) is 0 Å². The normalized spacial score (nSPS) is 17.2. The maximum absolute atomic E-state index is 4.81. The Hall–Kier alpha value is -2.83. The van der Waals surface area contributed by atoms with Crippen molar-refractivity contribution < 1.29 is 0 Å². The first-order valence-electron chi connectivity index (χ1n) is 8.54. The molecule has 4 heterocycles. The third kappa shape index (κ3) is 3.09. The number of imidazole rings is 1. The first kappa shape index (κ1) is 15.7. The SMILES string of the molecule is Cc1cc(-c2ncc(C)[nH]2)nc(C2CCCN2c2ccnc(C)n2)n1. The standard InChI is InChI=1S/C18H21N7/c1-11-9-14(17-20-10-12(2)22-17)24-18(21-11)15-5-4-8-25(15)16-6-7-19-13(3)23-16/h6-7,9-10,15H,4-5,8H2,1-3H3,(H,20,22). The molecule has 1 N–H and O–H groups in total. The first-order chi connectivity index (χ1) is 12.1. The van der Waals surface area contributed by atoms with Gasteiger partial charge < -0.3 is 9.88 Å². The molecule has 1 aliphatic heterocycles. The predicted molar refractivity (Wildman–Crippen MR) is 95.2 cm³/mol. The van der Waals surface area contributed by atoms with E-state index in [0.717, 1.165) is 59.8 Å². The Morgan fingerprint density at radius 1 is 1.12 bits per heavy atom. The van der Waals surface area contributed by atoms with Gasteiger partial charge in [-0.15, -0.1) is 0 Å². The van der Waals surface area contributed by atoms with Crippen LogP contribution in [0, 0.1) is 20.8 Å². The Kier molecular flexibility index (Phi) is 3.91. The third-order valence-electron chi connectivity index (χ3n) is 4.42. The Balaban J connectivity index is 1.72. The van der Waals surface area contributed by atoms with E-state index in [9.17, 15) is 0 Å². The summed E-state index contributed by atoms with van der Waals surface area (Å²) < 4.78 is 0. The number of hydrogen-bond donors (Lipinski definition) is 1. The monoisotopic (exact) mass is 335 g/mol. The van der Waals surface area contributed by atoms with Gasteiger partial charge in [0.1, 0.15) is 17.3 Å². The van der Waals surface area contributed by atoms with E-state index in [1.54, 1.807) is 6.20 Å². The minimum atomic E-state index is 0.129. The number of rotatable bonds is 3. The van der Waals surface area contributed by atoms with E-state index >= 15 is 0 Å². The molecule has 4 rings (SSSR count). The second kappa shape index (κ2) is 6.23. The van der Waals surface area contributed by atoms with Crippen LogP contribution < -0.4 is 4.90 Å². The molecule has 7 heteroatoms. The van der Waals surface area contributed by atoms with Gasteiger partial charge in [0.25, 0.3) is 0 Å². The van der Waals surface area contributed by atoms with Crippen molar-refractivity contribution in [2.24, 2.45) is 0 Å². The van der Waals surface area contributed by atoms with Crippen LogP contribution in [0.25, 0.3) is 11.5 Å². The summed E-state index contributed by atoms with van der Waals surface area (Å²) in [5, 5.41) is 0. The van der Waals surface area contributed by atoms with Crippen molar-refractivity contribution in [3.8, 4) is 11.5 Å². The number of anilines is 1. The Bertz CT molecular complexity index is 902. The average Bonchev–Trinajstić information content (AvgIpc) is 3.23. The van der Waals surface area contributed by atoms with E-state index in [4.69, 9.17) is 9.97 Å². The van der Waals surface area contributed by atoms with Gasteiger partial charge >= 0.3 is 0 Å². The molecule has 1 unspecified atom stereocenters. The average molecular weight is 335 g/mol. The fraction of sp³-hybridized carbons (Fsp3) is 0.389. The summed E-state index contributed by atoms with van der Waals surface area (Å²) in [6.07, 6.45) is 5.74. The first-order valence-corrected chi connectivity index (χ1v) is 8.54. The van der Waals surface area contributed by atoms with Crippen molar-refractivity contribution in [1.29, 1.82) is 0 Å². The molecule has 128 valence electrons. The van der Waals surface area contributed by atoms with Gasteiger partial charge in [0.15, 0.2) is 11.6 Å². The highest BCUT2D eigenvalue weighted by atomic mass is 15.3. The Labute approximate surface area is 146 Å². The van der Waals surface area contributed by atoms with E-state index in [0.29, 0.717) is 0 Å². The number of nitrogens with zero attached hydrogens (tertiary/aromatic N) is 6. The zero-order valence-electron chi connectivity index (χ0n) is 14.7. The van der Waals surface area contributed by atoms with Crippen LogP contribution in [0.3, 0.4) is 0 Å². The quantitative estimate of drug-likeness (QED) is 0.792. The number of aryl methyl sites for hydroxylation is 3. The van der Waals surface area contributed by atoms with E-state index < -0.39 is 0 Å². The molecular formula is C18H21N7. The molecule has 0 aromatic carbocycles. The molecule has 3 aromatic heterocycles. The van der Waals surface area contributed by atoms with Crippen LogP contribution in [0.1, 0.15) is 41.9 Å². The summed E-state index contributed by atoms with van der Waals surface area (Å²) in [5.74, 6) is 3.33. The molecule has 7 nitrogen and oxygen atoms in total. The van der Waals surface area contributed by atoms with Gasteiger partial charge in [-0.2, -0.15) is 0 Å². The largest absolute Gasteiger partial charge is 0.346 e. The third-order valence-corrected chi connectivity index (χ3v) is 4.42. The molecular weight excluding hydrogens is 314 g/mol. The molecule has 3 aromatic rings. The lowest BCUT2D eigenvalue weighted by molar-refractivity contribution is 0.656. The molecule has 1 fully saturated rings. The van der Waals surface area contributed by atoms with Gasteiger partial charge in [-0.25, -0.2) is 24.9 Å². The van der Waals surface area contributed by atoms with Gasteiger partial charge in [-0.05, 0) is 45.7 Å². The van der Waals surface area contributed by atoms with Crippen LogP contribution in [-0.2, 0) is 0 Å².